The molecule has 0 spiro atoms. The Balaban J connectivity index is 2.17. The summed E-state index contributed by atoms with van der Waals surface area (Å²) in [5.74, 6) is -1.36. The predicted molar refractivity (Wildman–Crippen MR) is 106 cm³/mol. The minimum atomic E-state index is -0.637. The van der Waals surface area contributed by atoms with Gasteiger partial charge in [-0.3, -0.25) is 9.59 Å². The van der Waals surface area contributed by atoms with Crippen molar-refractivity contribution >= 4 is 18.0 Å². The Morgan fingerprint density at radius 1 is 1.21 bits per heavy atom. The van der Waals surface area contributed by atoms with Crippen molar-refractivity contribution in [3.8, 4) is 0 Å². The number of ether oxygens (including phenoxy) is 2. The minimum absolute atomic E-state index is 0.0580. The monoisotopic (exact) mass is 389 g/mol. The summed E-state index contributed by atoms with van der Waals surface area (Å²) < 4.78 is 10.5. The number of carbonyl (C=O) groups excluding carboxylic acids is 3. The number of hydrogen-bond acceptors (Lipinski definition) is 5. The molecule has 0 aliphatic carbocycles. The Labute approximate surface area is 167 Å². The van der Waals surface area contributed by atoms with E-state index in [0.717, 1.165) is 5.56 Å². The molecule has 1 aromatic rings. The highest BCUT2D eigenvalue weighted by atomic mass is 16.6. The van der Waals surface area contributed by atoms with Gasteiger partial charge in [-0.1, -0.05) is 44.2 Å². The van der Waals surface area contributed by atoms with Crippen LogP contribution in [-0.4, -0.2) is 41.1 Å². The SMILES string of the molecule is CC(C)[C@H]1COC(=O)N1C(=O)[C@H](CCc1ccccc1)CC(=O)OC(C)(C)C. The Kier molecular flexibility index (Phi) is 7.22. The van der Waals surface area contributed by atoms with Gasteiger partial charge in [0.2, 0.25) is 5.91 Å². The van der Waals surface area contributed by atoms with E-state index in [-0.39, 0.29) is 30.9 Å². The van der Waals surface area contributed by atoms with E-state index in [1.807, 2.05) is 44.2 Å². The van der Waals surface area contributed by atoms with Gasteiger partial charge in [-0.15, -0.1) is 0 Å². The molecule has 1 aliphatic heterocycles. The average Bonchev–Trinajstić information content (AvgIpc) is 2.99. The van der Waals surface area contributed by atoms with E-state index < -0.39 is 23.6 Å². The van der Waals surface area contributed by atoms with E-state index in [0.29, 0.717) is 12.8 Å². The molecule has 0 aromatic heterocycles. The molecule has 2 rings (SSSR count). The molecule has 154 valence electrons. The van der Waals surface area contributed by atoms with Crippen LogP contribution in [0.5, 0.6) is 0 Å². The van der Waals surface area contributed by atoms with Crippen molar-refractivity contribution in [1.29, 1.82) is 0 Å². The molecule has 0 saturated carbocycles. The van der Waals surface area contributed by atoms with Crippen LogP contribution in [0.3, 0.4) is 0 Å². The molecule has 2 atom stereocenters. The van der Waals surface area contributed by atoms with Gasteiger partial charge in [-0.25, -0.2) is 9.69 Å². The van der Waals surface area contributed by atoms with Gasteiger partial charge in [0.25, 0.3) is 0 Å². The van der Waals surface area contributed by atoms with Crippen LogP contribution in [0, 0.1) is 11.8 Å². The second-order valence-electron chi connectivity index (χ2n) is 8.61. The quantitative estimate of drug-likeness (QED) is 0.660. The van der Waals surface area contributed by atoms with E-state index in [1.54, 1.807) is 20.8 Å². The van der Waals surface area contributed by atoms with E-state index in [4.69, 9.17) is 9.47 Å². The maximum absolute atomic E-state index is 13.2. The molecule has 0 radical (unpaired) electrons. The second kappa shape index (κ2) is 9.22. The van der Waals surface area contributed by atoms with E-state index in [9.17, 15) is 14.4 Å². The lowest BCUT2D eigenvalue weighted by Crippen LogP contribution is -2.45. The zero-order chi connectivity index (χ0) is 20.9. The zero-order valence-electron chi connectivity index (χ0n) is 17.4. The van der Waals surface area contributed by atoms with Crippen LogP contribution in [0.4, 0.5) is 4.79 Å². The van der Waals surface area contributed by atoms with Crippen molar-refractivity contribution in [1.82, 2.24) is 4.90 Å². The Hall–Kier alpha value is -2.37. The molecule has 1 aromatic carbocycles. The lowest BCUT2D eigenvalue weighted by atomic mass is 9.93. The molecule has 0 unspecified atom stereocenters. The van der Waals surface area contributed by atoms with Crippen LogP contribution in [0.25, 0.3) is 0 Å². The summed E-state index contributed by atoms with van der Waals surface area (Å²) in [5, 5.41) is 0. The van der Waals surface area contributed by atoms with Gasteiger partial charge in [0.15, 0.2) is 0 Å². The smallest absolute Gasteiger partial charge is 0.416 e. The number of amides is 2. The number of rotatable bonds is 7. The predicted octanol–water partition coefficient (Wildman–Crippen LogP) is 3.97. The summed E-state index contributed by atoms with van der Waals surface area (Å²) in [4.78, 5) is 39.0. The van der Waals surface area contributed by atoms with Crippen molar-refractivity contribution in [3.05, 3.63) is 35.9 Å². The van der Waals surface area contributed by atoms with Gasteiger partial charge in [-0.2, -0.15) is 0 Å². The number of aryl methyl sites for hydroxylation is 1. The van der Waals surface area contributed by atoms with Gasteiger partial charge >= 0.3 is 12.1 Å². The van der Waals surface area contributed by atoms with Crippen molar-refractivity contribution in [2.45, 2.75) is 65.5 Å². The molecule has 28 heavy (non-hydrogen) atoms. The Morgan fingerprint density at radius 3 is 2.43 bits per heavy atom. The average molecular weight is 389 g/mol. The summed E-state index contributed by atoms with van der Waals surface area (Å²) in [6, 6.07) is 9.46. The number of nitrogens with zero attached hydrogens (tertiary/aromatic N) is 1. The molecule has 1 saturated heterocycles. The third kappa shape index (κ3) is 6.08. The number of esters is 1. The highest BCUT2D eigenvalue weighted by Gasteiger charge is 2.42. The largest absolute Gasteiger partial charge is 0.460 e. The first-order chi connectivity index (χ1) is 13.1. The lowest BCUT2D eigenvalue weighted by molar-refractivity contribution is -0.158. The molecule has 6 heteroatoms. The molecule has 0 N–H and O–H groups in total. The highest BCUT2D eigenvalue weighted by molar-refractivity contribution is 5.96. The highest BCUT2D eigenvalue weighted by Crippen LogP contribution is 2.26. The van der Waals surface area contributed by atoms with Crippen molar-refractivity contribution < 1.29 is 23.9 Å². The van der Waals surface area contributed by atoms with Gasteiger partial charge in [-0.05, 0) is 45.1 Å². The maximum atomic E-state index is 13.2. The first-order valence-electron chi connectivity index (χ1n) is 9.84. The number of hydrogen-bond donors (Lipinski definition) is 0. The summed E-state index contributed by atoms with van der Waals surface area (Å²) in [7, 11) is 0. The van der Waals surface area contributed by atoms with Gasteiger partial charge < -0.3 is 9.47 Å². The summed E-state index contributed by atoms with van der Waals surface area (Å²) in [6.07, 6.45) is 0.404. The van der Waals surface area contributed by atoms with Crippen LogP contribution in [-0.2, 0) is 25.5 Å². The number of benzene rings is 1. The van der Waals surface area contributed by atoms with Gasteiger partial charge in [0.1, 0.15) is 12.2 Å². The standard InChI is InChI=1S/C22H31NO5/c1-15(2)18-14-27-21(26)23(18)20(25)17(13-19(24)28-22(3,4)5)12-11-16-9-7-6-8-10-16/h6-10,15,17-18H,11-14H2,1-5H3/t17-,18-/m1/s1. The first-order valence-corrected chi connectivity index (χ1v) is 9.84. The van der Waals surface area contributed by atoms with Gasteiger partial charge in [0.05, 0.1) is 12.5 Å². The molecule has 2 amide bonds. The second-order valence-corrected chi connectivity index (χ2v) is 8.61. The summed E-state index contributed by atoms with van der Waals surface area (Å²) in [6.45, 7) is 9.45. The van der Waals surface area contributed by atoms with Crippen molar-refractivity contribution in [3.63, 3.8) is 0 Å². The third-order valence-corrected chi connectivity index (χ3v) is 4.72. The van der Waals surface area contributed by atoms with Crippen LogP contribution in [0.2, 0.25) is 0 Å². The van der Waals surface area contributed by atoms with E-state index in [1.165, 1.54) is 4.90 Å². The topological polar surface area (TPSA) is 72.9 Å². The van der Waals surface area contributed by atoms with E-state index >= 15 is 0 Å². The van der Waals surface area contributed by atoms with Crippen LogP contribution < -0.4 is 0 Å². The van der Waals surface area contributed by atoms with Crippen molar-refractivity contribution in [2.75, 3.05) is 6.61 Å². The van der Waals surface area contributed by atoms with Crippen molar-refractivity contribution in [2.24, 2.45) is 11.8 Å². The number of imide groups is 1. The number of cyclic esters (lactones) is 1. The first kappa shape index (κ1) is 21.9. The molecular weight excluding hydrogens is 358 g/mol. The summed E-state index contributed by atoms with van der Waals surface area (Å²) in [5.41, 5.74) is 0.450. The maximum Gasteiger partial charge on any atom is 0.416 e. The fourth-order valence-electron chi connectivity index (χ4n) is 3.26. The lowest BCUT2D eigenvalue weighted by Gasteiger charge is -2.27. The summed E-state index contributed by atoms with van der Waals surface area (Å²) >= 11 is 0. The van der Waals surface area contributed by atoms with Crippen LogP contribution in [0.1, 0.15) is 53.0 Å². The molecule has 1 aliphatic rings. The molecule has 6 nitrogen and oxygen atoms in total. The van der Waals surface area contributed by atoms with Crippen LogP contribution in [0.15, 0.2) is 30.3 Å². The number of carbonyl (C=O) groups is 3. The molecule has 1 fully saturated rings. The third-order valence-electron chi connectivity index (χ3n) is 4.72. The molecular formula is C22H31NO5. The van der Waals surface area contributed by atoms with E-state index in [2.05, 4.69) is 0 Å². The normalized spacial score (nSPS) is 18.1. The Bertz CT molecular complexity index is 693. The van der Waals surface area contributed by atoms with Crippen LogP contribution >= 0.6 is 0 Å². The Morgan fingerprint density at radius 2 is 1.86 bits per heavy atom. The molecule has 1 heterocycles. The zero-order valence-corrected chi connectivity index (χ0v) is 17.4. The molecule has 0 bridgehead atoms. The fraction of sp³-hybridized carbons (Fsp3) is 0.591. The van der Waals surface area contributed by atoms with Gasteiger partial charge in [0, 0.05) is 5.92 Å². The fourth-order valence-corrected chi connectivity index (χ4v) is 3.26. The minimum Gasteiger partial charge on any atom is -0.460 e.